The Morgan fingerprint density at radius 2 is 2.23 bits per heavy atom. The highest BCUT2D eigenvalue weighted by atomic mass is 19.1. The molecule has 2 nitrogen and oxygen atoms in total. The molecule has 66 valence electrons. The van der Waals surface area contributed by atoms with E-state index < -0.39 is 0 Å². The van der Waals surface area contributed by atoms with Gasteiger partial charge in [-0.3, -0.25) is 0 Å². The van der Waals surface area contributed by atoms with Gasteiger partial charge in [-0.25, -0.2) is 4.98 Å². The SMILES string of the molecule is Fc1cc2ccc(C3CC3)nc2[nH]1. The molecular weight excluding hydrogens is 167 g/mol. The zero-order valence-corrected chi connectivity index (χ0v) is 7.05. The van der Waals surface area contributed by atoms with E-state index in [-0.39, 0.29) is 5.95 Å². The van der Waals surface area contributed by atoms with Crippen LogP contribution in [-0.4, -0.2) is 9.97 Å². The molecule has 0 bridgehead atoms. The fraction of sp³-hybridized carbons (Fsp3) is 0.300. The molecule has 2 aromatic rings. The molecule has 3 heteroatoms. The predicted molar refractivity (Wildman–Crippen MR) is 48.0 cm³/mol. The lowest BCUT2D eigenvalue weighted by Crippen LogP contribution is -1.85. The third-order valence-electron chi connectivity index (χ3n) is 2.46. The number of H-pyrrole nitrogens is 1. The molecule has 0 radical (unpaired) electrons. The van der Waals surface area contributed by atoms with Crippen LogP contribution in [0.2, 0.25) is 0 Å². The van der Waals surface area contributed by atoms with Gasteiger partial charge in [0.15, 0.2) is 5.95 Å². The summed E-state index contributed by atoms with van der Waals surface area (Å²) in [6.45, 7) is 0. The molecule has 0 amide bonds. The van der Waals surface area contributed by atoms with Gasteiger partial charge in [0.1, 0.15) is 5.65 Å². The van der Waals surface area contributed by atoms with Crippen molar-refractivity contribution in [2.24, 2.45) is 0 Å². The number of nitrogens with one attached hydrogen (secondary N) is 1. The quantitative estimate of drug-likeness (QED) is 0.710. The summed E-state index contributed by atoms with van der Waals surface area (Å²) in [6, 6.07) is 5.39. The summed E-state index contributed by atoms with van der Waals surface area (Å²) in [5.41, 5.74) is 1.76. The van der Waals surface area contributed by atoms with Crippen molar-refractivity contribution in [2.75, 3.05) is 0 Å². The van der Waals surface area contributed by atoms with Gasteiger partial charge in [0, 0.05) is 23.1 Å². The molecule has 0 atom stereocenters. The minimum absolute atomic E-state index is 0.310. The number of aromatic nitrogens is 2. The monoisotopic (exact) mass is 176 g/mol. The average molecular weight is 176 g/mol. The maximum atomic E-state index is 12.8. The second-order valence-corrected chi connectivity index (χ2v) is 3.57. The fourth-order valence-corrected chi connectivity index (χ4v) is 1.59. The van der Waals surface area contributed by atoms with Crippen molar-refractivity contribution in [3.05, 3.63) is 29.8 Å². The smallest absolute Gasteiger partial charge is 0.193 e. The molecule has 2 heterocycles. The topological polar surface area (TPSA) is 28.7 Å². The van der Waals surface area contributed by atoms with Crippen molar-refractivity contribution in [1.82, 2.24) is 9.97 Å². The third kappa shape index (κ3) is 1.11. The zero-order valence-electron chi connectivity index (χ0n) is 7.05. The molecule has 1 aliphatic carbocycles. The predicted octanol–water partition coefficient (Wildman–Crippen LogP) is 2.58. The maximum Gasteiger partial charge on any atom is 0.193 e. The fourth-order valence-electron chi connectivity index (χ4n) is 1.59. The van der Waals surface area contributed by atoms with Crippen molar-refractivity contribution < 1.29 is 4.39 Å². The number of pyridine rings is 1. The Labute approximate surface area is 74.8 Å². The zero-order chi connectivity index (χ0) is 8.84. The van der Waals surface area contributed by atoms with Crippen LogP contribution in [0.15, 0.2) is 18.2 Å². The molecule has 0 aromatic carbocycles. The van der Waals surface area contributed by atoms with Crippen LogP contribution in [0.25, 0.3) is 11.0 Å². The first-order valence-corrected chi connectivity index (χ1v) is 4.48. The summed E-state index contributed by atoms with van der Waals surface area (Å²) in [5, 5.41) is 0.849. The summed E-state index contributed by atoms with van der Waals surface area (Å²) in [4.78, 5) is 6.97. The van der Waals surface area contributed by atoms with Crippen molar-refractivity contribution in [2.45, 2.75) is 18.8 Å². The van der Waals surface area contributed by atoms with E-state index in [1.54, 1.807) is 0 Å². The van der Waals surface area contributed by atoms with E-state index in [2.05, 4.69) is 9.97 Å². The number of hydrogen-bond donors (Lipinski definition) is 1. The summed E-state index contributed by atoms with van der Waals surface area (Å²) < 4.78 is 12.8. The highest BCUT2D eigenvalue weighted by Crippen LogP contribution is 2.39. The molecule has 0 aliphatic heterocycles. The first-order chi connectivity index (χ1) is 6.33. The molecule has 1 saturated carbocycles. The van der Waals surface area contributed by atoms with Gasteiger partial charge >= 0.3 is 0 Å². The van der Waals surface area contributed by atoms with Crippen LogP contribution in [0.3, 0.4) is 0 Å². The number of hydrogen-bond acceptors (Lipinski definition) is 1. The lowest BCUT2D eigenvalue weighted by molar-refractivity contribution is 0.594. The Hall–Kier alpha value is -1.38. The van der Waals surface area contributed by atoms with Crippen molar-refractivity contribution >= 4 is 11.0 Å². The van der Waals surface area contributed by atoms with Crippen LogP contribution < -0.4 is 0 Å². The van der Waals surface area contributed by atoms with Gasteiger partial charge < -0.3 is 4.98 Å². The Balaban J connectivity index is 2.20. The first-order valence-electron chi connectivity index (χ1n) is 4.48. The average Bonchev–Trinajstić information content (AvgIpc) is 2.87. The highest BCUT2D eigenvalue weighted by Gasteiger charge is 2.25. The van der Waals surface area contributed by atoms with Crippen LogP contribution in [0.1, 0.15) is 24.5 Å². The van der Waals surface area contributed by atoms with E-state index in [1.165, 1.54) is 18.9 Å². The second-order valence-electron chi connectivity index (χ2n) is 3.57. The van der Waals surface area contributed by atoms with Crippen molar-refractivity contribution in [3.8, 4) is 0 Å². The normalized spacial score (nSPS) is 16.7. The van der Waals surface area contributed by atoms with Gasteiger partial charge in [-0.1, -0.05) is 0 Å². The largest absolute Gasteiger partial charge is 0.316 e. The molecule has 13 heavy (non-hydrogen) atoms. The molecule has 2 aromatic heterocycles. The highest BCUT2D eigenvalue weighted by molar-refractivity contribution is 5.75. The van der Waals surface area contributed by atoms with E-state index in [0.29, 0.717) is 11.6 Å². The van der Waals surface area contributed by atoms with Gasteiger partial charge in [0.25, 0.3) is 0 Å². The number of halogens is 1. The minimum Gasteiger partial charge on any atom is -0.316 e. The van der Waals surface area contributed by atoms with Gasteiger partial charge in [0.2, 0.25) is 0 Å². The summed E-state index contributed by atoms with van der Waals surface area (Å²) >= 11 is 0. The summed E-state index contributed by atoms with van der Waals surface area (Å²) in [5.74, 6) is 0.311. The number of rotatable bonds is 1. The lowest BCUT2D eigenvalue weighted by atomic mass is 10.2. The van der Waals surface area contributed by atoms with E-state index in [0.717, 1.165) is 11.1 Å². The maximum absolute atomic E-state index is 12.8. The number of nitrogens with zero attached hydrogens (tertiary/aromatic N) is 1. The van der Waals surface area contributed by atoms with Crippen LogP contribution in [0.5, 0.6) is 0 Å². The van der Waals surface area contributed by atoms with Crippen LogP contribution in [-0.2, 0) is 0 Å². The van der Waals surface area contributed by atoms with Crippen molar-refractivity contribution in [1.29, 1.82) is 0 Å². The van der Waals surface area contributed by atoms with Crippen LogP contribution in [0.4, 0.5) is 4.39 Å². The van der Waals surface area contributed by atoms with Gasteiger partial charge in [-0.05, 0) is 25.0 Å². The Morgan fingerprint density at radius 3 is 3.00 bits per heavy atom. The first kappa shape index (κ1) is 7.06. The van der Waals surface area contributed by atoms with Gasteiger partial charge in [0.05, 0.1) is 0 Å². The number of aromatic amines is 1. The molecule has 0 unspecified atom stereocenters. The van der Waals surface area contributed by atoms with Gasteiger partial charge in [-0.15, -0.1) is 0 Å². The lowest BCUT2D eigenvalue weighted by Gasteiger charge is -1.95. The van der Waals surface area contributed by atoms with Crippen LogP contribution >= 0.6 is 0 Å². The summed E-state index contributed by atoms with van der Waals surface area (Å²) in [6.07, 6.45) is 2.45. The third-order valence-corrected chi connectivity index (χ3v) is 2.46. The minimum atomic E-state index is -0.310. The number of fused-ring (bicyclic) bond motifs is 1. The standard InChI is InChI=1S/C10H9FN2/c11-9-5-7-3-4-8(6-1-2-6)12-10(7)13-9/h3-6H,1-2H2,(H,12,13). The Kier molecular flexibility index (Phi) is 1.26. The van der Waals surface area contributed by atoms with E-state index in [4.69, 9.17) is 0 Å². The van der Waals surface area contributed by atoms with E-state index in [9.17, 15) is 4.39 Å². The van der Waals surface area contributed by atoms with Gasteiger partial charge in [-0.2, -0.15) is 4.39 Å². The molecule has 3 rings (SSSR count). The van der Waals surface area contributed by atoms with Crippen molar-refractivity contribution in [3.63, 3.8) is 0 Å². The molecule has 1 aliphatic rings. The Bertz CT molecular complexity index is 457. The molecule has 0 spiro atoms. The van der Waals surface area contributed by atoms with E-state index >= 15 is 0 Å². The van der Waals surface area contributed by atoms with E-state index in [1.807, 2.05) is 12.1 Å². The van der Waals surface area contributed by atoms with Crippen LogP contribution in [0, 0.1) is 5.95 Å². The Morgan fingerprint density at radius 1 is 1.38 bits per heavy atom. The molecule has 0 saturated heterocycles. The molecule has 1 fully saturated rings. The molecular formula is C10H9FN2. The second kappa shape index (κ2) is 2.31. The molecule has 1 N–H and O–H groups in total. The summed E-state index contributed by atoms with van der Waals surface area (Å²) in [7, 11) is 0.